The Bertz CT molecular complexity index is 682. The number of fused-ring (bicyclic) bond motifs is 1. The van der Waals surface area contributed by atoms with Gasteiger partial charge in [-0.15, -0.1) is 21.5 Å². The topological polar surface area (TPSA) is 75.9 Å². The average molecular weight is 332 g/mol. The molecular formula is C15H20N6OS. The first-order valence-corrected chi connectivity index (χ1v) is 9.04. The van der Waals surface area contributed by atoms with E-state index < -0.39 is 0 Å². The summed E-state index contributed by atoms with van der Waals surface area (Å²) in [5.41, 5.74) is 0. The number of carbonyl (C=O) groups excluding carboxylic acids is 1. The zero-order valence-electron chi connectivity index (χ0n) is 12.9. The lowest BCUT2D eigenvalue weighted by Gasteiger charge is -2.23. The van der Waals surface area contributed by atoms with Crippen molar-refractivity contribution in [3.8, 4) is 0 Å². The average Bonchev–Trinajstić information content (AvgIpc) is 3.29. The first-order chi connectivity index (χ1) is 11.3. The standard InChI is InChI=1S/C15H20N6OS/c22-14(17-15-16-6-9-23-15)11-4-3-7-20(11)10-13-19-18-12-5-1-2-8-21(12)13/h6,9,11H,1-5,7-8,10H2,(H,16,17,22). The Balaban J connectivity index is 1.45. The molecule has 1 atom stereocenters. The van der Waals surface area contributed by atoms with E-state index in [-0.39, 0.29) is 11.9 Å². The fourth-order valence-corrected chi connectivity index (χ4v) is 3.99. The van der Waals surface area contributed by atoms with Gasteiger partial charge in [0.1, 0.15) is 11.6 Å². The third-order valence-electron chi connectivity index (χ3n) is 4.61. The molecule has 7 nitrogen and oxygen atoms in total. The van der Waals surface area contributed by atoms with Crippen molar-refractivity contribution in [2.75, 3.05) is 11.9 Å². The van der Waals surface area contributed by atoms with E-state index >= 15 is 0 Å². The predicted molar refractivity (Wildman–Crippen MR) is 87.1 cm³/mol. The van der Waals surface area contributed by atoms with Crippen LogP contribution in [-0.4, -0.2) is 43.1 Å². The zero-order valence-corrected chi connectivity index (χ0v) is 13.8. The summed E-state index contributed by atoms with van der Waals surface area (Å²) in [7, 11) is 0. The number of aromatic nitrogens is 4. The summed E-state index contributed by atoms with van der Waals surface area (Å²) in [4.78, 5) is 18.9. The largest absolute Gasteiger partial charge is 0.314 e. The van der Waals surface area contributed by atoms with Crippen LogP contribution >= 0.6 is 11.3 Å². The molecule has 122 valence electrons. The van der Waals surface area contributed by atoms with Gasteiger partial charge in [-0.05, 0) is 32.2 Å². The number of hydrogen-bond donors (Lipinski definition) is 1. The van der Waals surface area contributed by atoms with E-state index in [1.807, 2.05) is 5.38 Å². The summed E-state index contributed by atoms with van der Waals surface area (Å²) in [5.74, 6) is 2.12. The van der Waals surface area contributed by atoms with Gasteiger partial charge in [-0.3, -0.25) is 9.69 Å². The van der Waals surface area contributed by atoms with Crippen LogP contribution in [0.4, 0.5) is 5.13 Å². The van der Waals surface area contributed by atoms with Crippen molar-refractivity contribution in [1.82, 2.24) is 24.6 Å². The fourth-order valence-electron chi connectivity index (χ4n) is 3.45. The van der Waals surface area contributed by atoms with Gasteiger partial charge in [0.25, 0.3) is 0 Å². The fraction of sp³-hybridized carbons (Fsp3) is 0.600. The van der Waals surface area contributed by atoms with Crippen molar-refractivity contribution in [3.63, 3.8) is 0 Å². The molecule has 2 aromatic rings. The van der Waals surface area contributed by atoms with E-state index in [1.54, 1.807) is 6.20 Å². The molecule has 0 radical (unpaired) electrons. The van der Waals surface area contributed by atoms with Crippen molar-refractivity contribution in [1.29, 1.82) is 0 Å². The lowest BCUT2D eigenvalue weighted by atomic mass is 10.1. The van der Waals surface area contributed by atoms with Crippen LogP contribution in [0.25, 0.3) is 0 Å². The van der Waals surface area contributed by atoms with Crippen LogP contribution in [0, 0.1) is 0 Å². The van der Waals surface area contributed by atoms with Crippen molar-refractivity contribution in [3.05, 3.63) is 23.2 Å². The molecule has 0 aromatic carbocycles. The van der Waals surface area contributed by atoms with E-state index in [9.17, 15) is 4.79 Å². The number of amides is 1. The molecule has 0 spiro atoms. The van der Waals surface area contributed by atoms with Gasteiger partial charge in [-0.25, -0.2) is 4.98 Å². The van der Waals surface area contributed by atoms with Gasteiger partial charge >= 0.3 is 0 Å². The quantitative estimate of drug-likeness (QED) is 0.922. The highest BCUT2D eigenvalue weighted by molar-refractivity contribution is 7.13. The molecule has 2 aliphatic rings. The molecule has 1 N–H and O–H groups in total. The number of nitrogens with zero attached hydrogens (tertiary/aromatic N) is 5. The highest BCUT2D eigenvalue weighted by atomic mass is 32.1. The van der Waals surface area contributed by atoms with Crippen LogP contribution in [0.5, 0.6) is 0 Å². The Morgan fingerprint density at radius 3 is 3.13 bits per heavy atom. The molecule has 1 amide bonds. The van der Waals surface area contributed by atoms with Crippen LogP contribution in [0.15, 0.2) is 11.6 Å². The zero-order chi connectivity index (χ0) is 15.6. The first-order valence-electron chi connectivity index (χ1n) is 8.16. The Labute approximate surface area is 138 Å². The maximum atomic E-state index is 12.5. The number of likely N-dealkylation sites (tertiary alicyclic amines) is 1. The van der Waals surface area contributed by atoms with Crippen molar-refractivity contribution < 1.29 is 4.79 Å². The molecule has 1 saturated heterocycles. The number of thiazole rings is 1. The van der Waals surface area contributed by atoms with E-state index in [1.165, 1.54) is 24.2 Å². The van der Waals surface area contributed by atoms with Crippen molar-refractivity contribution in [2.24, 2.45) is 0 Å². The van der Waals surface area contributed by atoms with Crippen molar-refractivity contribution in [2.45, 2.75) is 51.2 Å². The number of aryl methyl sites for hydroxylation is 1. The maximum absolute atomic E-state index is 12.5. The minimum atomic E-state index is -0.101. The highest BCUT2D eigenvalue weighted by Gasteiger charge is 2.32. The minimum Gasteiger partial charge on any atom is -0.314 e. The minimum absolute atomic E-state index is 0.0378. The van der Waals surface area contributed by atoms with Gasteiger partial charge < -0.3 is 9.88 Å². The summed E-state index contributed by atoms with van der Waals surface area (Å²) in [6, 6.07) is -0.101. The Hall–Kier alpha value is -1.80. The van der Waals surface area contributed by atoms with Gasteiger partial charge in [-0.1, -0.05) is 0 Å². The number of hydrogen-bond acceptors (Lipinski definition) is 6. The van der Waals surface area contributed by atoms with Crippen LogP contribution in [-0.2, 0) is 24.3 Å². The monoisotopic (exact) mass is 332 g/mol. The lowest BCUT2D eigenvalue weighted by molar-refractivity contribution is -0.120. The molecule has 1 fully saturated rings. The van der Waals surface area contributed by atoms with E-state index in [0.29, 0.717) is 11.7 Å². The third-order valence-corrected chi connectivity index (χ3v) is 5.30. The molecular weight excluding hydrogens is 312 g/mol. The smallest absolute Gasteiger partial charge is 0.243 e. The van der Waals surface area contributed by atoms with Gasteiger partial charge in [-0.2, -0.15) is 0 Å². The van der Waals surface area contributed by atoms with Crippen LogP contribution in [0.1, 0.15) is 37.3 Å². The number of rotatable bonds is 4. The second-order valence-electron chi connectivity index (χ2n) is 6.10. The van der Waals surface area contributed by atoms with E-state index in [0.717, 1.165) is 44.0 Å². The second kappa shape index (κ2) is 6.37. The van der Waals surface area contributed by atoms with Gasteiger partial charge in [0.05, 0.1) is 12.6 Å². The second-order valence-corrected chi connectivity index (χ2v) is 6.99. The molecule has 0 saturated carbocycles. The molecule has 2 aromatic heterocycles. The molecule has 2 aliphatic heterocycles. The Morgan fingerprint density at radius 2 is 2.26 bits per heavy atom. The predicted octanol–water partition coefficient (Wildman–Crippen LogP) is 1.67. The number of carbonyl (C=O) groups is 1. The number of anilines is 1. The molecule has 0 bridgehead atoms. The van der Waals surface area contributed by atoms with E-state index in [2.05, 4.69) is 30.0 Å². The maximum Gasteiger partial charge on any atom is 0.243 e. The highest BCUT2D eigenvalue weighted by Crippen LogP contribution is 2.23. The first kappa shape index (κ1) is 14.8. The van der Waals surface area contributed by atoms with Crippen molar-refractivity contribution >= 4 is 22.4 Å². The van der Waals surface area contributed by atoms with Gasteiger partial charge in [0.2, 0.25) is 5.91 Å². The molecule has 4 heterocycles. The molecule has 23 heavy (non-hydrogen) atoms. The summed E-state index contributed by atoms with van der Waals surface area (Å²) in [6.07, 6.45) is 7.03. The molecule has 0 aliphatic carbocycles. The van der Waals surface area contributed by atoms with Gasteiger partial charge in [0.15, 0.2) is 5.13 Å². The normalized spacial score (nSPS) is 21.3. The van der Waals surface area contributed by atoms with Crippen LogP contribution in [0.3, 0.4) is 0 Å². The summed E-state index contributed by atoms with van der Waals surface area (Å²) < 4.78 is 2.23. The molecule has 1 unspecified atom stereocenters. The summed E-state index contributed by atoms with van der Waals surface area (Å²) in [5, 5.41) is 14.1. The third kappa shape index (κ3) is 3.00. The van der Waals surface area contributed by atoms with Crippen LogP contribution < -0.4 is 5.32 Å². The summed E-state index contributed by atoms with van der Waals surface area (Å²) in [6.45, 7) is 2.63. The van der Waals surface area contributed by atoms with Crippen LogP contribution in [0.2, 0.25) is 0 Å². The number of nitrogens with one attached hydrogen (secondary N) is 1. The Kier molecular flexibility index (Phi) is 4.09. The van der Waals surface area contributed by atoms with E-state index in [4.69, 9.17) is 0 Å². The molecule has 8 heteroatoms. The Morgan fingerprint density at radius 1 is 1.30 bits per heavy atom. The SMILES string of the molecule is O=C(Nc1nccs1)C1CCCN1Cc1nnc2n1CCCC2. The molecule has 4 rings (SSSR count). The van der Waals surface area contributed by atoms with Gasteiger partial charge in [0, 0.05) is 24.5 Å². The summed E-state index contributed by atoms with van der Waals surface area (Å²) >= 11 is 1.45. The lowest BCUT2D eigenvalue weighted by Crippen LogP contribution is -2.39.